The summed E-state index contributed by atoms with van der Waals surface area (Å²) >= 11 is 6.37. The summed E-state index contributed by atoms with van der Waals surface area (Å²) < 4.78 is 0. The predicted molar refractivity (Wildman–Crippen MR) is 133 cm³/mol. The number of likely N-dealkylation sites (N-methyl/N-ethyl adjacent to an activating group) is 1. The molecule has 1 aliphatic carbocycles. The molecule has 4 rings (SSSR count). The number of carbonyl (C=O) groups is 2. The lowest BCUT2D eigenvalue weighted by atomic mass is 9.93. The van der Waals surface area contributed by atoms with Crippen molar-refractivity contribution in [1.82, 2.24) is 9.80 Å². The normalized spacial score (nSPS) is 23.5. The Morgan fingerprint density at radius 3 is 2.11 bits per heavy atom. The molecule has 0 aromatic heterocycles. The molecule has 0 unspecified atom stereocenters. The molecule has 0 spiro atoms. The molecule has 4 N–H and O–H groups in total. The maximum absolute atomic E-state index is 9.77. The van der Waals surface area contributed by atoms with Gasteiger partial charge in [-0.05, 0) is 56.1 Å². The Hall–Kier alpha value is -2.49. The molecular weight excluding hydrogens is 472 g/mol. The van der Waals surface area contributed by atoms with Crippen LogP contribution in [0, 0.1) is 0 Å². The van der Waals surface area contributed by atoms with Crippen LogP contribution in [0.3, 0.4) is 0 Å². The maximum Gasteiger partial charge on any atom is 0.335 e. The fourth-order valence-electron chi connectivity index (χ4n) is 4.79. The highest BCUT2D eigenvalue weighted by atomic mass is 35.5. The monoisotopic (exact) mass is 504 g/mol. The van der Waals surface area contributed by atoms with E-state index in [9.17, 15) is 9.59 Å². The van der Waals surface area contributed by atoms with Gasteiger partial charge in [0.1, 0.15) is 0 Å². The highest BCUT2D eigenvalue weighted by Gasteiger charge is 2.40. The molecule has 2 aliphatic rings. The van der Waals surface area contributed by atoms with Crippen LogP contribution in [0.2, 0.25) is 5.02 Å². The first-order valence-electron chi connectivity index (χ1n) is 11.5. The first-order chi connectivity index (χ1) is 16.4. The van der Waals surface area contributed by atoms with E-state index in [0.29, 0.717) is 12.0 Å². The van der Waals surface area contributed by atoms with Gasteiger partial charge in [-0.15, -0.1) is 0 Å². The molecule has 1 heterocycles. The molecular formula is C26H33ClN2O6. The van der Waals surface area contributed by atoms with Crippen LogP contribution >= 0.6 is 11.6 Å². The second kappa shape index (κ2) is 11.1. The van der Waals surface area contributed by atoms with E-state index in [2.05, 4.69) is 73.2 Å². The van der Waals surface area contributed by atoms with Crippen LogP contribution in [0.1, 0.15) is 48.9 Å². The third-order valence-corrected chi connectivity index (χ3v) is 7.27. The van der Waals surface area contributed by atoms with E-state index in [1.807, 2.05) is 6.07 Å². The molecule has 0 saturated carbocycles. The van der Waals surface area contributed by atoms with Gasteiger partial charge in [0, 0.05) is 42.2 Å². The molecule has 0 radical (unpaired) electrons. The van der Waals surface area contributed by atoms with Crippen molar-refractivity contribution in [2.75, 3.05) is 26.7 Å². The molecule has 0 amide bonds. The number of carboxylic acids is 2. The second-order valence-corrected chi connectivity index (χ2v) is 10.2. The Morgan fingerprint density at radius 1 is 0.971 bits per heavy atom. The number of hydrogen-bond acceptors (Lipinski definition) is 6. The summed E-state index contributed by atoms with van der Waals surface area (Å²) in [6.45, 7) is 8.04. The minimum absolute atomic E-state index is 0.210. The van der Waals surface area contributed by atoms with Gasteiger partial charge in [-0.1, -0.05) is 48.0 Å². The van der Waals surface area contributed by atoms with Crippen LogP contribution in [0.5, 0.6) is 0 Å². The number of aliphatic carboxylic acids is 2. The topological polar surface area (TPSA) is 122 Å². The Morgan fingerprint density at radius 2 is 1.57 bits per heavy atom. The SMILES string of the molecule is CN1CCN([C@@H]2C[C@@H](c3ccccc3)c3ccc(Cl)cc32)CC1(C)C.O=C(O)[C@H](O)[C@@H](O)C(=O)O. The van der Waals surface area contributed by atoms with E-state index in [1.54, 1.807) is 0 Å². The van der Waals surface area contributed by atoms with Gasteiger partial charge >= 0.3 is 11.9 Å². The number of benzene rings is 2. The van der Waals surface area contributed by atoms with Crippen molar-refractivity contribution < 1.29 is 30.0 Å². The van der Waals surface area contributed by atoms with E-state index in [0.717, 1.165) is 31.1 Å². The molecule has 8 nitrogen and oxygen atoms in total. The van der Waals surface area contributed by atoms with Gasteiger partial charge in [0.15, 0.2) is 12.2 Å². The van der Waals surface area contributed by atoms with Gasteiger partial charge in [-0.25, -0.2) is 9.59 Å². The smallest absolute Gasteiger partial charge is 0.335 e. The number of halogens is 1. The zero-order valence-electron chi connectivity index (χ0n) is 20.1. The lowest BCUT2D eigenvalue weighted by molar-refractivity contribution is -0.165. The number of aliphatic hydroxyl groups is 2. The first kappa shape index (κ1) is 27.1. The first-order valence-corrected chi connectivity index (χ1v) is 11.9. The molecule has 2 aromatic rings. The zero-order valence-corrected chi connectivity index (χ0v) is 20.9. The highest BCUT2D eigenvalue weighted by Crippen LogP contribution is 2.48. The van der Waals surface area contributed by atoms with Crippen molar-refractivity contribution in [3.8, 4) is 0 Å². The van der Waals surface area contributed by atoms with Gasteiger partial charge in [-0.2, -0.15) is 0 Å². The van der Waals surface area contributed by atoms with Gasteiger partial charge < -0.3 is 20.4 Å². The quantitative estimate of drug-likeness (QED) is 0.490. The van der Waals surface area contributed by atoms with E-state index < -0.39 is 24.1 Å². The van der Waals surface area contributed by atoms with E-state index in [1.165, 1.54) is 16.7 Å². The maximum atomic E-state index is 9.77. The summed E-state index contributed by atoms with van der Waals surface area (Å²) in [5.41, 5.74) is 4.52. The standard InChI is InChI=1S/C22H27ClN2.C4H6O6/c1-22(2)15-25(12-11-24(22)3)21-14-19(16-7-5-4-6-8-16)18-10-9-17(23)13-20(18)21;5-1(3(7)8)2(6)4(9)10/h4-10,13,19,21H,11-12,14-15H2,1-3H3;1-2,5-6H,(H,7,8)(H,9,10)/t19-,21+;1-,2-/m01/s1. The summed E-state index contributed by atoms with van der Waals surface area (Å²) in [6, 6.07) is 17.9. The summed E-state index contributed by atoms with van der Waals surface area (Å²) in [7, 11) is 2.24. The number of fused-ring (bicyclic) bond motifs is 1. The molecule has 0 bridgehead atoms. The largest absolute Gasteiger partial charge is 0.479 e. The number of rotatable bonds is 5. The number of hydrogen-bond donors (Lipinski definition) is 4. The van der Waals surface area contributed by atoms with Crippen LogP contribution in [-0.2, 0) is 9.59 Å². The number of carboxylic acid groups (broad SMARTS) is 2. The number of piperazine rings is 1. The summed E-state index contributed by atoms with van der Waals surface area (Å²) in [5.74, 6) is -3.06. The van der Waals surface area contributed by atoms with Gasteiger partial charge in [0.05, 0.1) is 0 Å². The molecule has 1 aliphatic heterocycles. The average molecular weight is 505 g/mol. The van der Waals surface area contributed by atoms with E-state index >= 15 is 0 Å². The predicted octanol–water partition coefficient (Wildman–Crippen LogP) is 2.82. The fraction of sp³-hybridized carbons (Fsp3) is 0.462. The van der Waals surface area contributed by atoms with Crippen LogP contribution in [-0.4, -0.2) is 86.6 Å². The molecule has 190 valence electrons. The average Bonchev–Trinajstić information content (AvgIpc) is 3.19. The zero-order chi connectivity index (χ0) is 25.9. The van der Waals surface area contributed by atoms with Gasteiger partial charge in [-0.3, -0.25) is 9.80 Å². The summed E-state index contributed by atoms with van der Waals surface area (Å²) in [5, 5.41) is 33.4. The minimum Gasteiger partial charge on any atom is -0.479 e. The Kier molecular flexibility index (Phi) is 8.56. The van der Waals surface area contributed by atoms with Gasteiger partial charge in [0.2, 0.25) is 0 Å². The van der Waals surface area contributed by atoms with Crippen LogP contribution < -0.4 is 0 Å². The molecule has 35 heavy (non-hydrogen) atoms. The van der Waals surface area contributed by atoms with Crippen molar-refractivity contribution >= 4 is 23.5 Å². The third kappa shape index (κ3) is 6.20. The fourth-order valence-corrected chi connectivity index (χ4v) is 4.97. The van der Waals surface area contributed by atoms with Crippen LogP contribution in [0.15, 0.2) is 48.5 Å². The minimum atomic E-state index is -2.27. The Labute approximate surface area is 210 Å². The molecule has 1 fully saturated rings. The summed E-state index contributed by atoms with van der Waals surface area (Å²) in [4.78, 5) is 24.7. The van der Waals surface area contributed by atoms with Crippen LogP contribution in [0.4, 0.5) is 0 Å². The number of aliphatic hydroxyl groups excluding tert-OH is 2. The van der Waals surface area contributed by atoms with Crippen molar-refractivity contribution in [2.45, 2.75) is 50.0 Å². The van der Waals surface area contributed by atoms with Crippen LogP contribution in [0.25, 0.3) is 0 Å². The molecule has 1 saturated heterocycles. The van der Waals surface area contributed by atoms with Crippen molar-refractivity contribution in [2.24, 2.45) is 0 Å². The molecule has 4 atom stereocenters. The molecule has 9 heteroatoms. The second-order valence-electron chi connectivity index (χ2n) is 9.76. The van der Waals surface area contributed by atoms with Crippen molar-refractivity contribution in [3.63, 3.8) is 0 Å². The van der Waals surface area contributed by atoms with Crippen molar-refractivity contribution in [1.29, 1.82) is 0 Å². The lowest BCUT2D eigenvalue weighted by Gasteiger charge is -2.47. The number of nitrogens with zero attached hydrogens (tertiary/aromatic N) is 2. The highest BCUT2D eigenvalue weighted by molar-refractivity contribution is 6.30. The van der Waals surface area contributed by atoms with E-state index in [-0.39, 0.29) is 5.54 Å². The van der Waals surface area contributed by atoms with Crippen molar-refractivity contribution in [3.05, 3.63) is 70.2 Å². The van der Waals surface area contributed by atoms with E-state index in [4.69, 9.17) is 32.0 Å². The molecule has 2 aromatic carbocycles. The Balaban J connectivity index is 0.000000292. The summed E-state index contributed by atoms with van der Waals surface area (Å²) in [6.07, 6.45) is -3.38. The third-order valence-electron chi connectivity index (χ3n) is 7.04. The van der Waals surface area contributed by atoms with Gasteiger partial charge in [0.25, 0.3) is 0 Å². The Bertz CT molecular complexity index is 1030. The lowest BCUT2D eigenvalue weighted by Crippen LogP contribution is -2.58.